The molecular weight excluding hydrogens is 489 g/mol. The second kappa shape index (κ2) is 9.30. The van der Waals surface area contributed by atoms with E-state index in [0.29, 0.717) is 12.1 Å². The van der Waals surface area contributed by atoms with Crippen molar-refractivity contribution in [2.45, 2.75) is 32.1 Å². The molecule has 0 bridgehead atoms. The van der Waals surface area contributed by atoms with Crippen LogP contribution in [-0.4, -0.2) is 34.4 Å². The van der Waals surface area contributed by atoms with Gasteiger partial charge in [-0.05, 0) is 26.0 Å². The molecule has 2 aromatic rings. The molecule has 1 heterocycles. The average Bonchev–Trinajstić information content (AvgIpc) is 2.67. The van der Waals surface area contributed by atoms with E-state index < -0.39 is 76.0 Å². The van der Waals surface area contributed by atoms with Crippen molar-refractivity contribution in [3.63, 3.8) is 0 Å². The third kappa shape index (κ3) is 5.05. The average molecular weight is 501 g/mol. The van der Waals surface area contributed by atoms with Gasteiger partial charge in [-0.1, -0.05) is 17.5 Å². The van der Waals surface area contributed by atoms with Gasteiger partial charge in [-0.25, -0.2) is 13.8 Å². The van der Waals surface area contributed by atoms with E-state index in [1.807, 2.05) is 5.92 Å². The number of benzene rings is 1. The van der Waals surface area contributed by atoms with Crippen molar-refractivity contribution < 1.29 is 45.0 Å². The van der Waals surface area contributed by atoms with Gasteiger partial charge < -0.3 is 9.47 Å². The van der Waals surface area contributed by atoms with Crippen LogP contribution in [0.15, 0.2) is 16.9 Å². The Morgan fingerprint density at radius 3 is 2.36 bits per heavy atom. The van der Waals surface area contributed by atoms with Gasteiger partial charge in [0.15, 0.2) is 12.3 Å². The van der Waals surface area contributed by atoms with E-state index in [2.05, 4.69) is 4.98 Å². The molecule has 0 N–H and O–H groups in total. The number of aromatic nitrogens is 2. The molecule has 0 saturated heterocycles. The number of nitrogens with zero attached hydrogens (tertiary/aromatic N) is 2. The summed E-state index contributed by atoms with van der Waals surface area (Å²) in [6, 6.07) is -0.320. The molecule has 6 nitrogen and oxygen atoms in total. The van der Waals surface area contributed by atoms with E-state index in [-0.39, 0.29) is 4.57 Å². The minimum atomic E-state index is -6.33. The first kappa shape index (κ1) is 26.0. The molecule has 0 aliphatic carbocycles. The second-order valence-electron chi connectivity index (χ2n) is 6.50. The Labute approximate surface area is 185 Å². The third-order valence-electron chi connectivity index (χ3n) is 3.78. The highest BCUT2D eigenvalue weighted by atomic mass is 35.5. The summed E-state index contributed by atoms with van der Waals surface area (Å²) >= 11 is 5.80. The summed E-state index contributed by atoms with van der Waals surface area (Å²) in [5, 5.41) is -0.505. The lowest BCUT2D eigenvalue weighted by Gasteiger charge is -2.21. The van der Waals surface area contributed by atoms with Crippen molar-refractivity contribution in [3.05, 3.63) is 50.4 Å². The molecule has 0 amide bonds. The molecule has 14 heteroatoms. The number of ether oxygens (including phenoxy) is 2. The normalized spacial score (nSPS) is 11.9. The zero-order valence-electron chi connectivity index (χ0n) is 16.6. The Balaban J connectivity index is 2.88. The van der Waals surface area contributed by atoms with Gasteiger partial charge in [-0.3, -0.25) is 4.79 Å². The Morgan fingerprint density at radius 2 is 1.85 bits per heavy atom. The number of carbonyl (C=O) groups excluding carboxylic acids is 1. The molecule has 1 aromatic carbocycles. The first-order valence-corrected chi connectivity index (χ1v) is 9.05. The fraction of sp³-hybridized carbons (Fsp3) is 0.316. The highest BCUT2D eigenvalue weighted by molar-refractivity contribution is 6.33. The molecule has 0 spiro atoms. The van der Waals surface area contributed by atoms with E-state index >= 15 is 0 Å². The molecule has 0 aliphatic rings. The van der Waals surface area contributed by atoms with Crippen LogP contribution in [0.1, 0.15) is 29.9 Å². The van der Waals surface area contributed by atoms with Crippen molar-refractivity contribution in [1.82, 2.24) is 9.55 Å². The third-order valence-corrected chi connectivity index (χ3v) is 4.09. The van der Waals surface area contributed by atoms with Gasteiger partial charge in [-0.2, -0.15) is 31.3 Å². The van der Waals surface area contributed by atoms with Gasteiger partial charge in [0.2, 0.25) is 5.82 Å². The number of carbonyl (C=O) groups is 1. The molecular formula is C19H12ClF7N2O4. The first-order chi connectivity index (χ1) is 15.1. The molecule has 0 saturated carbocycles. The van der Waals surface area contributed by atoms with Crippen LogP contribution in [0.5, 0.6) is 6.01 Å². The predicted octanol–water partition coefficient (Wildman–Crippen LogP) is 4.40. The quantitative estimate of drug-likeness (QED) is 0.334. The van der Waals surface area contributed by atoms with Crippen LogP contribution in [0.2, 0.25) is 5.02 Å². The van der Waals surface area contributed by atoms with E-state index in [1.54, 1.807) is 0 Å². The molecule has 1 aromatic heterocycles. The van der Waals surface area contributed by atoms with Crippen molar-refractivity contribution in [1.29, 1.82) is 0 Å². The minimum Gasteiger partial charge on any atom is -0.459 e. The van der Waals surface area contributed by atoms with Gasteiger partial charge in [0.05, 0.1) is 22.4 Å². The van der Waals surface area contributed by atoms with Gasteiger partial charge in [0.25, 0.3) is 5.56 Å². The molecule has 178 valence electrons. The number of hydrogen-bond acceptors (Lipinski definition) is 5. The minimum absolute atomic E-state index is 0.111. The van der Waals surface area contributed by atoms with Gasteiger partial charge in [-0.15, -0.1) is 6.42 Å². The fourth-order valence-corrected chi connectivity index (χ4v) is 2.61. The van der Waals surface area contributed by atoms with Crippen LogP contribution >= 0.6 is 11.6 Å². The van der Waals surface area contributed by atoms with Gasteiger partial charge >= 0.3 is 24.1 Å². The summed E-state index contributed by atoms with van der Waals surface area (Å²) in [4.78, 5) is 27.4. The zero-order chi connectivity index (χ0) is 25.3. The summed E-state index contributed by atoms with van der Waals surface area (Å²) in [7, 11) is 0. The molecule has 0 aliphatic heterocycles. The maximum absolute atomic E-state index is 14.6. The SMILES string of the molecule is C#CCOc1nc(C(F)(F)C(F)(F)F)c(F)c(=O)n1-c1cc(C(=O)OC(C)C)c(Cl)cc1F. The van der Waals surface area contributed by atoms with Crippen LogP contribution in [0.25, 0.3) is 5.69 Å². The number of esters is 1. The molecule has 0 atom stereocenters. The highest BCUT2D eigenvalue weighted by Crippen LogP contribution is 2.44. The maximum atomic E-state index is 14.6. The van der Waals surface area contributed by atoms with Crippen LogP contribution in [0.3, 0.4) is 0 Å². The van der Waals surface area contributed by atoms with Crippen molar-refractivity contribution in [3.8, 4) is 24.0 Å². The molecule has 2 rings (SSSR count). The van der Waals surface area contributed by atoms with Crippen LogP contribution in [0.4, 0.5) is 30.7 Å². The van der Waals surface area contributed by atoms with Crippen molar-refractivity contribution in [2.75, 3.05) is 6.61 Å². The van der Waals surface area contributed by atoms with Gasteiger partial charge in [0.1, 0.15) is 5.82 Å². The summed E-state index contributed by atoms with van der Waals surface area (Å²) in [6.07, 6.45) is -2.05. The number of alkyl halides is 5. The summed E-state index contributed by atoms with van der Waals surface area (Å²) in [6.45, 7) is 2.09. The van der Waals surface area contributed by atoms with E-state index in [1.165, 1.54) is 13.8 Å². The number of rotatable bonds is 6. The van der Waals surface area contributed by atoms with Crippen LogP contribution in [-0.2, 0) is 10.7 Å². The molecule has 33 heavy (non-hydrogen) atoms. The standard InChI is InChI=1S/C19H12ClF7N2O4/c1-4-5-32-17-28-14(18(23,24)19(25,26)27)13(22)15(30)29(17)12-6-9(10(20)7-11(12)21)16(31)33-8(2)3/h1,6-8H,5H2,2-3H3. The summed E-state index contributed by atoms with van der Waals surface area (Å²) in [5.41, 5.74) is -6.36. The van der Waals surface area contributed by atoms with E-state index in [4.69, 9.17) is 27.5 Å². The Bertz CT molecular complexity index is 1190. The lowest BCUT2D eigenvalue weighted by Crippen LogP contribution is -2.39. The summed E-state index contributed by atoms with van der Waals surface area (Å²) < 4.78 is 104. The van der Waals surface area contributed by atoms with Crippen LogP contribution < -0.4 is 10.3 Å². The van der Waals surface area contributed by atoms with E-state index in [9.17, 15) is 40.3 Å². The van der Waals surface area contributed by atoms with Gasteiger partial charge in [0, 0.05) is 0 Å². The number of terminal acetylenes is 1. The van der Waals surface area contributed by atoms with Crippen LogP contribution in [0, 0.1) is 24.0 Å². The Morgan fingerprint density at radius 1 is 1.24 bits per heavy atom. The molecule has 0 radical (unpaired) electrons. The fourth-order valence-electron chi connectivity index (χ4n) is 2.38. The van der Waals surface area contributed by atoms with E-state index in [0.717, 1.165) is 0 Å². The lowest BCUT2D eigenvalue weighted by atomic mass is 10.1. The smallest absolute Gasteiger partial charge is 0.459 e. The zero-order valence-corrected chi connectivity index (χ0v) is 17.3. The number of hydrogen-bond donors (Lipinski definition) is 0. The second-order valence-corrected chi connectivity index (χ2v) is 6.91. The van der Waals surface area contributed by atoms with Crippen molar-refractivity contribution in [2.24, 2.45) is 0 Å². The highest BCUT2D eigenvalue weighted by Gasteiger charge is 2.62. The maximum Gasteiger partial charge on any atom is 0.459 e. The topological polar surface area (TPSA) is 70.4 Å². The Kier molecular flexibility index (Phi) is 7.33. The summed E-state index contributed by atoms with van der Waals surface area (Å²) in [5.74, 6) is -9.25. The van der Waals surface area contributed by atoms with Crippen molar-refractivity contribution >= 4 is 17.6 Å². The first-order valence-electron chi connectivity index (χ1n) is 8.67. The lowest BCUT2D eigenvalue weighted by molar-refractivity contribution is -0.292. The molecule has 0 unspecified atom stereocenters. The predicted molar refractivity (Wildman–Crippen MR) is 99.6 cm³/mol. The largest absolute Gasteiger partial charge is 0.459 e. The number of halogens is 8. The Hall–Kier alpha value is -3.27. The monoisotopic (exact) mass is 500 g/mol. The molecule has 0 fully saturated rings.